The second-order valence-corrected chi connectivity index (χ2v) is 5.13. The van der Waals surface area contributed by atoms with Crippen LogP contribution in [0.4, 0.5) is 0 Å². The Hall–Kier alpha value is -1.78. The van der Waals surface area contributed by atoms with Crippen LogP contribution in [0.5, 0.6) is 0 Å². The monoisotopic (exact) mass is 305 g/mol. The number of H-pyrrole nitrogens is 1. The van der Waals surface area contributed by atoms with Crippen molar-refractivity contribution in [1.29, 1.82) is 0 Å². The van der Waals surface area contributed by atoms with E-state index in [0.29, 0.717) is 6.54 Å². The summed E-state index contributed by atoms with van der Waals surface area (Å²) in [6.07, 6.45) is 4.73. The third-order valence-electron chi connectivity index (χ3n) is 3.77. The highest BCUT2D eigenvalue weighted by Gasteiger charge is 2.17. The minimum atomic E-state index is -0.168. The first-order chi connectivity index (χ1) is 9.75. The van der Waals surface area contributed by atoms with Gasteiger partial charge in [-0.15, -0.1) is 12.4 Å². The molecule has 1 amide bonds. The Morgan fingerprint density at radius 3 is 2.95 bits per heavy atom. The van der Waals surface area contributed by atoms with Crippen LogP contribution in [-0.4, -0.2) is 30.0 Å². The third-order valence-corrected chi connectivity index (χ3v) is 3.77. The lowest BCUT2D eigenvalue weighted by Crippen LogP contribution is -2.41. The Kier molecular flexibility index (Phi) is 5.04. The van der Waals surface area contributed by atoms with E-state index >= 15 is 0 Å². The summed E-state index contributed by atoms with van der Waals surface area (Å²) in [7, 11) is 0. The van der Waals surface area contributed by atoms with Gasteiger partial charge in [0.05, 0.1) is 0 Å². The van der Waals surface area contributed by atoms with Gasteiger partial charge in [-0.25, -0.2) is 0 Å². The third kappa shape index (κ3) is 3.28. The Balaban J connectivity index is 0.00000161. The second-order valence-electron chi connectivity index (χ2n) is 5.13. The molecule has 1 aliphatic rings. The fourth-order valence-electron chi connectivity index (χ4n) is 2.72. The number of aryl methyl sites for hydroxylation is 1. The van der Waals surface area contributed by atoms with Crippen molar-refractivity contribution in [2.45, 2.75) is 19.4 Å². The molecule has 3 rings (SSSR count). The van der Waals surface area contributed by atoms with Gasteiger partial charge in [0, 0.05) is 29.7 Å². The number of rotatable bonds is 4. The smallest absolute Gasteiger partial charge is 0.241 e. The molecular formula is C16H20ClN3O. The van der Waals surface area contributed by atoms with Gasteiger partial charge in [0.15, 0.2) is 0 Å². The molecule has 1 aromatic carbocycles. The largest absolute Gasteiger partial charge is 0.358 e. The number of para-hydroxylation sites is 1. The number of carbonyl (C=O) groups excluding carboxylic acids is 1. The van der Waals surface area contributed by atoms with Gasteiger partial charge in [-0.2, -0.15) is 0 Å². The number of amides is 1. The van der Waals surface area contributed by atoms with E-state index in [2.05, 4.69) is 34.7 Å². The van der Waals surface area contributed by atoms with E-state index in [1.165, 1.54) is 16.6 Å². The van der Waals surface area contributed by atoms with Crippen LogP contribution in [0, 0.1) is 6.92 Å². The highest BCUT2D eigenvalue weighted by molar-refractivity contribution is 5.86. The highest BCUT2D eigenvalue weighted by atomic mass is 35.5. The zero-order valence-electron chi connectivity index (χ0n) is 12.0. The molecule has 2 heterocycles. The van der Waals surface area contributed by atoms with Gasteiger partial charge >= 0.3 is 0 Å². The molecule has 0 spiro atoms. The predicted molar refractivity (Wildman–Crippen MR) is 87.9 cm³/mol. The minimum Gasteiger partial charge on any atom is -0.358 e. The number of benzene rings is 1. The van der Waals surface area contributed by atoms with Crippen LogP contribution in [0.1, 0.15) is 11.3 Å². The van der Waals surface area contributed by atoms with Gasteiger partial charge in [0.1, 0.15) is 6.04 Å². The number of hydrogen-bond acceptors (Lipinski definition) is 2. The van der Waals surface area contributed by atoms with Gasteiger partial charge in [-0.05, 0) is 25.0 Å². The Labute approximate surface area is 130 Å². The fourth-order valence-corrected chi connectivity index (χ4v) is 2.72. The van der Waals surface area contributed by atoms with E-state index in [4.69, 9.17) is 0 Å². The number of halogens is 1. The standard InChI is InChI=1S/C16H19N3O.ClH/c1-11-12(13-5-2-3-6-14(13)19-11)8-10-18-16(20)15-7-4-9-17-15;/h2-7,15,17,19H,8-10H2,1H3,(H,18,20);1H. The maximum atomic E-state index is 11.9. The molecule has 5 heteroatoms. The summed E-state index contributed by atoms with van der Waals surface area (Å²) >= 11 is 0. The Bertz CT molecular complexity index is 663. The van der Waals surface area contributed by atoms with Gasteiger partial charge in [0.2, 0.25) is 5.91 Å². The van der Waals surface area contributed by atoms with Crippen LogP contribution in [0.3, 0.4) is 0 Å². The topological polar surface area (TPSA) is 56.9 Å². The van der Waals surface area contributed by atoms with E-state index in [9.17, 15) is 4.79 Å². The van der Waals surface area contributed by atoms with Crippen molar-refractivity contribution >= 4 is 29.2 Å². The number of aromatic nitrogens is 1. The lowest BCUT2D eigenvalue weighted by Gasteiger charge is -2.10. The van der Waals surface area contributed by atoms with Gasteiger partial charge < -0.3 is 10.3 Å². The van der Waals surface area contributed by atoms with Gasteiger partial charge in [-0.3, -0.25) is 10.1 Å². The molecule has 1 aromatic heterocycles. The number of fused-ring (bicyclic) bond motifs is 1. The van der Waals surface area contributed by atoms with Gasteiger partial charge in [0.25, 0.3) is 0 Å². The van der Waals surface area contributed by atoms with Crippen molar-refractivity contribution in [2.75, 3.05) is 13.1 Å². The normalized spacial score (nSPS) is 16.9. The second kappa shape index (κ2) is 6.78. The van der Waals surface area contributed by atoms with Crippen molar-refractivity contribution in [3.8, 4) is 0 Å². The first-order valence-corrected chi connectivity index (χ1v) is 6.99. The van der Waals surface area contributed by atoms with Gasteiger partial charge in [-0.1, -0.05) is 30.4 Å². The maximum Gasteiger partial charge on any atom is 0.241 e. The molecule has 21 heavy (non-hydrogen) atoms. The molecule has 0 saturated heterocycles. The van der Waals surface area contributed by atoms with Crippen molar-refractivity contribution in [3.05, 3.63) is 47.7 Å². The molecule has 0 saturated carbocycles. The Morgan fingerprint density at radius 2 is 2.19 bits per heavy atom. The van der Waals surface area contributed by atoms with E-state index in [1.807, 2.05) is 24.3 Å². The summed E-state index contributed by atoms with van der Waals surface area (Å²) in [5.41, 5.74) is 3.63. The van der Waals surface area contributed by atoms with E-state index < -0.39 is 0 Å². The molecule has 1 aliphatic heterocycles. The van der Waals surface area contributed by atoms with Crippen LogP contribution in [-0.2, 0) is 11.2 Å². The van der Waals surface area contributed by atoms with Crippen LogP contribution < -0.4 is 10.6 Å². The summed E-state index contributed by atoms with van der Waals surface area (Å²) in [5.74, 6) is 0.0521. The molecular weight excluding hydrogens is 286 g/mol. The summed E-state index contributed by atoms with van der Waals surface area (Å²) in [5, 5.41) is 7.35. The molecule has 112 valence electrons. The first kappa shape index (κ1) is 15.6. The zero-order chi connectivity index (χ0) is 13.9. The van der Waals surface area contributed by atoms with Crippen LogP contribution in [0.2, 0.25) is 0 Å². The highest BCUT2D eigenvalue weighted by Crippen LogP contribution is 2.21. The van der Waals surface area contributed by atoms with E-state index in [1.54, 1.807) is 0 Å². The summed E-state index contributed by atoms with van der Waals surface area (Å²) in [6.45, 7) is 3.52. The fraction of sp³-hybridized carbons (Fsp3) is 0.312. The van der Waals surface area contributed by atoms with E-state index in [0.717, 1.165) is 18.5 Å². The molecule has 1 unspecified atom stereocenters. The molecule has 0 fully saturated rings. The number of nitrogens with one attached hydrogen (secondary N) is 3. The molecule has 3 N–H and O–H groups in total. The first-order valence-electron chi connectivity index (χ1n) is 6.99. The summed E-state index contributed by atoms with van der Waals surface area (Å²) in [6, 6.07) is 8.11. The number of carbonyl (C=O) groups is 1. The number of aromatic amines is 1. The number of hydrogen-bond donors (Lipinski definition) is 3. The van der Waals surface area contributed by atoms with Crippen molar-refractivity contribution in [1.82, 2.24) is 15.6 Å². The Morgan fingerprint density at radius 1 is 1.38 bits per heavy atom. The zero-order valence-corrected chi connectivity index (χ0v) is 12.8. The quantitative estimate of drug-likeness (QED) is 0.758. The molecule has 2 aromatic rings. The van der Waals surface area contributed by atoms with Crippen molar-refractivity contribution in [3.63, 3.8) is 0 Å². The summed E-state index contributed by atoms with van der Waals surface area (Å²) < 4.78 is 0. The molecule has 0 radical (unpaired) electrons. The SMILES string of the molecule is Cc1[nH]c2ccccc2c1CCNC(=O)C1C=CCN1.Cl. The molecule has 0 aliphatic carbocycles. The van der Waals surface area contributed by atoms with Crippen LogP contribution in [0.25, 0.3) is 10.9 Å². The predicted octanol–water partition coefficient (Wildman–Crippen LogP) is 2.08. The minimum absolute atomic E-state index is 0. The summed E-state index contributed by atoms with van der Waals surface area (Å²) in [4.78, 5) is 15.3. The lowest BCUT2D eigenvalue weighted by molar-refractivity contribution is -0.121. The van der Waals surface area contributed by atoms with E-state index in [-0.39, 0.29) is 24.4 Å². The molecule has 4 nitrogen and oxygen atoms in total. The molecule has 0 bridgehead atoms. The van der Waals surface area contributed by atoms with Crippen molar-refractivity contribution in [2.24, 2.45) is 0 Å². The van der Waals surface area contributed by atoms with Crippen LogP contribution in [0.15, 0.2) is 36.4 Å². The van der Waals surface area contributed by atoms with Crippen molar-refractivity contribution < 1.29 is 4.79 Å². The average molecular weight is 306 g/mol. The maximum absolute atomic E-state index is 11.9. The lowest BCUT2D eigenvalue weighted by atomic mass is 10.1. The van der Waals surface area contributed by atoms with Crippen LogP contribution >= 0.6 is 12.4 Å². The average Bonchev–Trinajstić information content (AvgIpc) is 3.07. The molecule has 1 atom stereocenters.